The zero-order valence-electron chi connectivity index (χ0n) is 19.0. The molecule has 0 amide bonds. The topological polar surface area (TPSA) is 0 Å². The van der Waals surface area contributed by atoms with Crippen molar-refractivity contribution in [1.29, 1.82) is 0 Å². The molecule has 5 aromatic rings. The molecule has 0 aliphatic carbocycles. The van der Waals surface area contributed by atoms with Gasteiger partial charge in [-0.3, -0.25) is 0 Å². The van der Waals surface area contributed by atoms with E-state index >= 15 is 0 Å². The van der Waals surface area contributed by atoms with Gasteiger partial charge in [-0.15, -0.1) is 0 Å². The van der Waals surface area contributed by atoms with Gasteiger partial charge < -0.3 is 0 Å². The lowest BCUT2D eigenvalue weighted by atomic mass is 9.81. The van der Waals surface area contributed by atoms with Crippen molar-refractivity contribution < 1.29 is 0 Å². The average molecular weight is 413 g/mol. The maximum Gasteiger partial charge on any atom is -0.00263 e. The van der Waals surface area contributed by atoms with Gasteiger partial charge >= 0.3 is 0 Å². The predicted molar refractivity (Wildman–Crippen MR) is 141 cm³/mol. The van der Waals surface area contributed by atoms with E-state index in [-0.39, 0.29) is 5.41 Å². The molecular weight excluding hydrogens is 384 g/mol. The molecule has 0 radical (unpaired) electrons. The van der Waals surface area contributed by atoms with Gasteiger partial charge in [-0.05, 0) is 66.4 Å². The van der Waals surface area contributed by atoms with E-state index in [1.54, 1.807) is 0 Å². The maximum absolute atomic E-state index is 3.91. The molecule has 32 heavy (non-hydrogen) atoms. The molecule has 5 rings (SSSR count). The normalized spacial score (nSPS) is 11.7. The minimum absolute atomic E-state index is 0.0829. The largest absolute Gasteiger partial charge is 0.0985 e. The van der Waals surface area contributed by atoms with E-state index in [0.717, 1.165) is 5.56 Å². The third-order valence-corrected chi connectivity index (χ3v) is 6.39. The van der Waals surface area contributed by atoms with Crippen molar-refractivity contribution in [1.82, 2.24) is 0 Å². The van der Waals surface area contributed by atoms with Gasteiger partial charge in [0.1, 0.15) is 0 Å². The van der Waals surface area contributed by atoms with Gasteiger partial charge in [-0.1, -0.05) is 124 Å². The Morgan fingerprint density at radius 2 is 1.09 bits per heavy atom. The van der Waals surface area contributed by atoms with E-state index in [9.17, 15) is 0 Å². The Labute approximate surface area is 190 Å². The van der Waals surface area contributed by atoms with Crippen LogP contribution in [0.5, 0.6) is 0 Å². The first kappa shape index (κ1) is 20.3. The second-order valence-electron chi connectivity index (χ2n) is 9.50. The second-order valence-corrected chi connectivity index (χ2v) is 9.50. The molecule has 0 aliphatic heterocycles. The average Bonchev–Trinajstić information content (AvgIpc) is 2.82. The molecule has 0 aromatic heterocycles. The van der Waals surface area contributed by atoms with Crippen LogP contribution in [0.25, 0.3) is 49.9 Å². The lowest BCUT2D eigenvalue weighted by Gasteiger charge is -2.23. The molecule has 0 heteroatoms. The molecule has 5 aromatic carbocycles. The van der Waals surface area contributed by atoms with Crippen molar-refractivity contribution in [3.63, 3.8) is 0 Å². The minimum atomic E-state index is 0.0829. The monoisotopic (exact) mass is 412 g/mol. The van der Waals surface area contributed by atoms with Crippen LogP contribution in [-0.4, -0.2) is 0 Å². The van der Waals surface area contributed by atoms with Crippen LogP contribution in [-0.2, 0) is 5.41 Å². The highest BCUT2D eigenvalue weighted by molar-refractivity contribution is 6.21. The Balaban J connectivity index is 1.97. The highest BCUT2D eigenvalue weighted by atomic mass is 14.2. The van der Waals surface area contributed by atoms with Crippen LogP contribution >= 0.6 is 0 Å². The molecule has 0 saturated carbocycles. The van der Waals surface area contributed by atoms with Crippen molar-refractivity contribution in [2.24, 2.45) is 0 Å². The fraction of sp³-hybridized carbons (Fsp3) is 0.125. The summed E-state index contributed by atoms with van der Waals surface area (Å²) < 4.78 is 0. The van der Waals surface area contributed by atoms with Gasteiger partial charge in [-0.2, -0.15) is 0 Å². The molecule has 0 heterocycles. The molecule has 0 N–H and O–H groups in total. The van der Waals surface area contributed by atoms with Crippen molar-refractivity contribution in [2.45, 2.75) is 26.2 Å². The van der Waals surface area contributed by atoms with E-state index in [1.165, 1.54) is 49.4 Å². The van der Waals surface area contributed by atoms with Crippen LogP contribution in [0.15, 0.2) is 104 Å². The summed E-state index contributed by atoms with van der Waals surface area (Å²) in [5.41, 5.74) is 7.68. The lowest BCUT2D eigenvalue weighted by Crippen LogP contribution is -2.10. The molecule has 0 nitrogen and oxygen atoms in total. The third kappa shape index (κ3) is 3.42. The van der Waals surface area contributed by atoms with E-state index in [4.69, 9.17) is 0 Å². The molecule has 0 unspecified atom stereocenters. The SMILES string of the molecule is C=Cc1ccc(-c2c3ccccc3c(-c3ccccc3)c3cc(C(C)(C)C)ccc23)cc1. The van der Waals surface area contributed by atoms with Crippen LogP contribution in [0.1, 0.15) is 31.9 Å². The standard InChI is InChI=1S/C32H28/c1-5-22-15-17-24(18-16-22)30-26-13-9-10-14-27(26)31(23-11-7-6-8-12-23)29-21-25(32(2,3)4)19-20-28(29)30/h5-21H,1H2,2-4H3. The minimum Gasteiger partial charge on any atom is -0.0985 e. The number of hydrogen-bond acceptors (Lipinski definition) is 0. The second kappa shape index (κ2) is 7.80. The Hall–Kier alpha value is -3.64. The van der Waals surface area contributed by atoms with E-state index in [0.29, 0.717) is 0 Å². The molecule has 156 valence electrons. The van der Waals surface area contributed by atoms with Crippen molar-refractivity contribution in [3.8, 4) is 22.3 Å². The van der Waals surface area contributed by atoms with Gasteiger partial charge in [0, 0.05) is 0 Å². The molecule has 0 spiro atoms. The summed E-state index contributed by atoms with van der Waals surface area (Å²) in [4.78, 5) is 0. The van der Waals surface area contributed by atoms with Gasteiger partial charge in [-0.25, -0.2) is 0 Å². The summed E-state index contributed by atoms with van der Waals surface area (Å²) in [5, 5.41) is 5.18. The first-order valence-corrected chi connectivity index (χ1v) is 11.2. The first-order chi connectivity index (χ1) is 15.5. The van der Waals surface area contributed by atoms with Crippen LogP contribution in [0, 0.1) is 0 Å². The fourth-order valence-corrected chi connectivity index (χ4v) is 4.66. The Kier molecular flexibility index (Phi) is 4.94. The maximum atomic E-state index is 3.91. The Morgan fingerprint density at radius 3 is 1.69 bits per heavy atom. The van der Waals surface area contributed by atoms with Crippen molar-refractivity contribution in [3.05, 3.63) is 115 Å². The number of benzene rings is 5. The van der Waals surface area contributed by atoms with Crippen LogP contribution in [0.3, 0.4) is 0 Å². The summed E-state index contributed by atoms with van der Waals surface area (Å²) in [6.45, 7) is 10.8. The Morgan fingerprint density at radius 1 is 0.562 bits per heavy atom. The number of rotatable bonds is 3. The quantitative estimate of drug-likeness (QED) is 0.259. The van der Waals surface area contributed by atoms with E-state index in [1.807, 2.05) is 6.08 Å². The molecular formula is C32H28. The van der Waals surface area contributed by atoms with Crippen LogP contribution < -0.4 is 0 Å². The highest BCUT2D eigenvalue weighted by Crippen LogP contribution is 2.44. The Bertz CT molecular complexity index is 1430. The molecule has 0 bridgehead atoms. The predicted octanol–water partition coefficient (Wildman–Crippen LogP) is 9.27. The first-order valence-electron chi connectivity index (χ1n) is 11.2. The molecule has 0 fully saturated rings. The third-order valence-electron chi connectivity index (χ3n) is 6.39. The number of fused-ring (bicyclic) bond motifs is 2. The van der Waals surface area contributed by atoms with Crippen LogP contribution in [0.2, 0.25) is 0 Å². The molecule has 0 atom stereocenters. The summed E-state index contributed by atoms with van der Waals surface area (Å²) in [6.07, 6.45) is 1.90. The molecule has 0 aliphatic rings. The summed E-state index contributed by atoms with van der Waals surface area (Å²) in [5.74, 6) is 0. The summed E-state index contributed by atoms with van der Waals surface area (Å²) in [7, 11) is 0. The van der Waals surface area contributed by atoms with Crippen LogP contribution in [0.4, 0.5) is 0 Å². The number of hydrogen-bond donors (Lipinski definition) is 0. The summed E-state index contributed by atoms with van der Waals surface area (Å²) in [6, 6.07) is 35.4. The van der Waals surface area contributed by atoms with Gasteiger partial charge in [0.25, 0.3) is 0 Å². The molecule has 0 saturated heterocycles. The summed E-state index contributed by atoms with van der Waals surface area (Å²) >= 11 is 0. The van der Waals surface area contributed by atoms with E-state index in [2.05, 4.69) is 124 Å². The zero-order valence-corrected chi connectivity index (χ0v) is 19.0. The van der Waals surface area contributed by atoms with Gasteiger partial charge in [0.2, 0.25) is 0 Å². The zero-order chi connectivity index (χ0) is 22.3. The fourth-order valence-electron chi connectivity index (χ4n) is 4.66. The lowest BCUT2D eigenvalue weighted by molar-refractivity contribution is 0.591. The smallest absolute Gasteiger partial charge is 0.00263 e. The highest BCUT2D eigenvalue weighted by Gasteiger charge is 2.20. The van der Waals surface area contributed by atoms with E-state index < -0.39 is 0 Å². The van der Waals surface area contributed by atoms with Crippen molar-refractivity contribution >= 4 is 27.6 Å². The van der Waals surface area contributed by atoms with Gasteiger partial charge in [0.15, 0.2) is 0 Å². The van der Waals surface area contributed by atoms with Gasteiger partial charge in [0.05, 0.1) is 0 Å². The van der Waals surface area contributed by atoms with Crippen molar-refractivity contribution in [2.75, 3.05) is 0 Å².